The number of nitrogens with zero attached hydrogens (tertiary/aromatic N) is 3. The molecule has 0 aliphatic rings. The van der Waals surface area contributed by atoms with Gasteiger partial charge in [-0.1, -0.05) is 60.2 Å². The van der Waals surface area contributed by atoms with Crippen molar-refractivity contribution in [3.8, 4) is 11.3 Å². The van der Waals surface area contributed by atoms with E-state index in [1.165, 1.54) is 16.5 Å². The van der Waals surface area contributed by atoms with E-state index in [0.717, 1.165) is 35.5 Å². The van der Waals surface area contributed by atoms with Crippen LogP contribution in [-0.4, -0.2) is 25.9 Å². The lowest BCUT2D eigenvalue weighted by atomic mass is 10.1. The minimum atomic E-state index is -0.243. The van der Waals surface area contributed by atoms with Gasteiger partial charge in [0.25, 0.3) is 5.56 Å². The second-order valence-electron chi connectivity index (χ2n) is 7.75. The van der Waals surface area contributed by atoms with Gasteiger partial charge in [0.1, 0.15) is 22.5 Å². The van der Waals surface area contributed by atoms with Crippen LogP contribution in [0.25, 0.3) is 21.5 Å². The van der Waals surface area contributed by atoms with Gasteiger partial charge in [-0.05, 0) is 43.8 Å². The Labute approximate surface area is 184 Å². The average Bonchev–Trinajstić information content (AvgIpc) is 3.20. The molecule has 1 amide bonds. The van der Waals surface area contributed by atoms with E-state index >= 15 is 0 Å². The highest BCUT2D eigenvalue weighted by atomic mass is 32.1. The molecule has 1 unspecified atom stereocenters. The van der Waals surface area contributed by atoms with Crippen LogP contribution in [0.5, 0.6) is 0 Å². The van der Waals surface area contributed by atoms with Gasteiger partial charge in [0, 0.05) is 11.6 Å². The van der Waals surface area contributed by atoms with E-state index in [9.17, 15) is 9.59 Å². The number of fused-ring (bicyclic) bond motifs is 1. The fraction of sp³-hybridized carbons (Fsp3) is 0.250. The van der Waals surface area contributed by atoms with Crippen molar-refractivity contribution in [2.24, 2.45) is 0 Å². The standard InChI is InChI=1S/C24H24N4O2S/c1-16-8-12-19(13-9-16)21-22-23(31-27-21)24(30)28(15-25-22)14-20(29)26-17(2)10-11-18-6-4-3-5-7-18/h3-9,12-13,15,17H,10-11,14H2,1-2H3,(H,26,29). The van der Waals surface area contributed by atoms with Crippen molar-refractivity contribution in [3.63, 3.8) is 0 Å². The van der Waals surface area contributed by atoms with E-state index in [0.29, 0.717) is 15.9 Å². The van der Waals surface area contributed by atoms with Crippen LogP contribution in [0.1, 0.15) is 24.5 Å². The molecule has 0 aliphatic carbocycles. The zero-order valence-electron chi connectivity index (χ0n) is 17.5. The highest BCUT2D eigenvalue weighted by molar-refractivity contribution is 7.13. The molecule has 7 heteroatoms. The number of aromatic nitrogens is 3. The largest absolute Gasteiger partial charge is 0.352 e. The fourth-order valence-corrected chi connectivity index (χ4v) is 4.25. The molecular formula is C24H24N4O2S. The quantitative estimate of drug-likeness (QED) is 0.479. The Morgan fingerprint density at radius 3 is 2.61 bits per heavy atom. The number of aryl methyl sites for hydroxylation is 2. The predicted molar refractivity (Wildman–Crippen MR) is 124 cm³/mol. The van der Waals surface area contributed by atoms with Crippen LogP contribution >= 0.6 is 11.5 Å². The van der Waals surface area contributed by atoms with Crippen molar-refractivity contribution in [2.75, 3.05) is 0 Å². The predicted octanol–water partition coefficient (Wildman–Crippen LogP) is 3.97. The number of carbonyl (C=O) groups excluding carboxylic acids is 1. The number of hydrogen-bond acceptors (Lipinski definition) is 5. The maximum atomic E-state index is 12.9. The van der Waals surface area contributed by atoms with E-state index in [4.69, 9.17) is 0 Å². The minimum Gasteiger partial charge on any atom is -0.352 e. The van der Waals surface area contributed by atoms with Gasteiger partial charge in [-0.15, -0.1) is 0 Å². The molecule has 4 aromatic rings. The number of hydrogen-bond donors (Lipinski definition) is 1. The van der Waals surface area contributed by atoms with E-state index in [1.807, 2.05) is 56.3 Å². The highest BCUT2D eigenvalue weighted by Gasteiger charge is 2.16. The van der Waals surface area contributed by atoms with Crippen molar-refractivity contribution in [1.29, 1.82) is 0 Å². The molecule has 0 spiro atoms. The van der Waals surface area contributed by atoms with Crippen molar-refractivity contribution in [1.82, 2.24) is 19.2 Å². The highest BCUT2D eigenvalue weighted by Crippen LogP contribution is 2.27. The van der Waals surface area contributed by atoms with Crippen LogP contribution in [0.15, 0.2) is 65.7 Å². The van der Waals surface area contributed by atoms with Gasteiger partial charge in [-0.3, -0.25) is 14.2 Å². The first-order valence-electron chi connectivity index (χ1n) is 10.3. The summed E-state index contributed by atoms with van der Waals surface area (Å²) in [6.45, 7) is 3.94. The summed E-state index contributed by atoms with van der Waals surface area (Å²) in [5, 5.41) is 2.97. The lowest BCUT2D eigenvalue weighted by molar-refractivity contribution is -0.122. The molecule has 158 valence electrons. The van der Waals surface area contributed by atoms with Gasteiger partial charge in [-0.25, -0.2) is 4.98 Å². The molecule has 2 aromatic carbocycles. The molecule has 2 aromatic heterocycles. The molecular weight excluding hydrogens is 408 g/mol. The van der Waals surface area contributed by atoms with Crippen LogP contribution in [0.3, 0.4) is 0 Å². The zero-order valence-corrected chi connectivity index (χ0v) is 18.4. The monoisotopic (exact) mass is 432 g/mol. The lowest BCUT2D eigenvalue weighted by Crippen LogP contribution is -2.37. The Balaban J connectivity index is 1.43. The van der Waals surface area contributed by atoms with Crippen molar-refractivity contribution in [3.05, 3.63) is 82.4 Å². The molecule has 4 rings (SSSR count). The molecule has 1 atom stereocenters. The molecule has 2 heterocycles. The minimum absolute atomic E-state index is 0.0108. The molecule has 0 saturated heterocycles. The van der Waals surface area contributed by atoms with Gasteiger partial charge in [0.2, 0.25) is 5.91 Å². The zero-order chi connectivity index (χ0) is 21.8. The molecule has 0 saturated carbocycles. The van der Waals surface area contributed by atoms with Crippen LogP contribution in [0, 0.1) is 6.92 Å². The van der Waals surface area contributed by atoms with E-state index in [1.54, 1.807) is 0 Å². The van der Waals surface area contributed by atoms with Crippen LogP contribution in [0.4, 0.5) is 0 Å². The topological polar surface area (TPSA) is 76.9 Å². The Morgan fingerprint density at radius 2 is 1.87 bits per heavy atom. The number of nitrogens with one attached hydrogen (secondary N) is 1. The molecule has 31 heavy (non-hydrogen) atoms. The third kappa shape index (κ3) is 4.88. The summed E-state index contributed by atoms with van der Waals surface area (Å²) in [7, 11) is 0. The summed E-state index contributed by atoms with van der Waals surface area (Å²) in [4.78, 5) is 29.8. The van der Waals surface area contributed by atoms with Gasteiger partial charge < -0.3 is 5.32 Å². The van der Waals surface area contributed by atoms with E-state index in [-0.39, 0.29) is 24.1 Å². The first-order valence-corrected chi connectivity index (χ1v) is 11.0. The maximum absolute atomic E-state index is 12.9. The van der Waals surface area contributed by atoms with Crippen LogP contribution in [-0.2, 0) is 17.8 Å². The van der Waals surface area contributed by atoms with Gasteiger partial charge in [0.15, 0.2) is 0 Å². The molecule has 0 aliphatic heterocycles. The van der Waals surface area contributed by atoms with Crippen molar-refractivity contribution < 1.29 is 4.79 Å². The molecule has 6 nitrogen and oxygen atoms in total. The maximum Gasteiger partial charge on any atom is 0.273 e. The normalized spacial score (nSPS) is 12.1. The van der Waals surface area contributed by atoms with Crippen LogP contribution < -0.4 is 10.9 Å². The Morgan fingerprint density at radius 1 is 1.13 bits per heavy atom. The smallest absolute Gasteiger partial charge is 0.273 e. The Bertz CT molecular complexity index is 1250. The fourth-order valence-electron chi connectivity index (χ4n) is 3.44. The first kappa shape index (κ1) is 20.9. The summed E-state index contributed by atoms with van der Waals surface area (Å²) in [6, 6.07) is 18.1. The second-order valence-corrected chi connectivity index (χ2v) is 8.52. The number of carbonyl (C=O) groups is 1. The Kier molecular flexibility index (Phi) is 6.23. The van der Waals surface area contributed by atoms with Gasteiger partial charge >= 0.3 is 0 Å². The molecule has 1 N–H and O–H groups in total. The summed E-state index contributed by atoms with van der Waals surface area (Å²) in [5.74, 6) is -0.202. The third-order valence-electron chi connectivity index (χ3n) is 5.20. The molecule has 0 bridgehead atoms. The van der Waals surface area contributed by atoms with E-state index in [2.05, 4.69) is 26.8 Å². The second kappa shape index (κ2) is 9.22. The van der Waals surface area contributed by atoms with Crippen molar-refractivity contribution in [2.45, 2.75) is 39.3 Å². The third-order valence-corrected chi connectivity index (χ3v) is 6.03. The summed E-state index contributed by atoms with van der Waals surface area (Å²) >= 11 is 1.12. The first-order chi connectivity index (χ1) is 15.0. The van der Waals surface area contributed by atoms with Crippen molar-refractivity contribution >= 4 is 27.7 Å². The Hall–Kier alpha value is -3.32. The molecule has 0 radical (unpaired) electrons. The SMILES string of the molecule is Cc1ccc(-c2nsc3c(=O)n(CC(=O)NC(C)CCc4ccccc4)cnc23)cc1. The number of benzene rings is 2. The van der Waals surface area contributed by atoms with Gasteiger partial charge in [0.05, 0.1) is 6.33 Å². The lowest BCUT2D eigenvalue weighted by Gasteiger charge is -2.14. The average molecular weight is 433 g/mol. The number of rotatable bonds is 7. The molecule has 0 fully saturated rings. The summed E-state index contributed by atoms with van der Waals surface area (Å²) in [5.41, 5.74) is 4.35. The number of amides is 1. The van der Waals surface area contributed by atoms with Gasteiger partial charge in [-0.2, -0.15) is 4.37 Å². The van der Waals surface area contributed by atoms with Crippen LogP contribution in [0.2, 0.25) is 0 Å². The summed E-state index contributed by atoms with van der Waals surface area (Å²) in [6.07, 6.45) is 3.15. The summed E-state index contributed by atoms with van der Waals surface area (Å²) < 4.78 is 6.25. The van der Waals surface area contributed by atoms with E-state index < -0.39 is 0 Å².